The summed E-state index contributed by atoms with van der Waals surface area (Å²) in [5.74, 6) is -0.483. The summed E-state index contributed by atoms with van der Waals surface area (Å²) in [6, 6.07) is 6.88. The van der Waals surface area contributed by atoms with E-state index in [1.54, 1.807) is 18.2 Å². The van der Waals surface area contributed by atoms with Crippen LogP contribution in [0.15, 0.2) is 41.0 Å². The Balaban J connectivity index is 2.09. The van der Waals surface area contributed by atoms with Crippen molar-refractivity contribution in [1.29, 1.82) is 5.26 Å². The van der Waals surface area contributed by atoms with E-state index in [-0.39, 0.29) is 34.6 Å². The Morgan fingerprint density at radius 2 is 2.04 bits per heavy atom. The highest BCUT2D eigenvalue weighted by Gasteiger charge is 2.60. The molecule has 7 heteroatoms. The number of anilines is 1. The van der Waals surface area contributed by atoms with Gasteiger partial charge in [-0.15, -0.1) is 0 Å². The molecule has 132 valence electrons. The lowest BCUT2D eigenvalue weighted by atomic mass is 9.62. The van der Waals surface area contributed by atoms with Gasteiger partial charge in [0.15, 0.2) is 5.78 Å². The van der Waals surface area contributed by atoms with E-state index in [0.717, 1.165) is 0 Å². The number of carbonyl (C=O) groups excluding carboxylic acids is 2. The standard InChI is InChI=1S/C19H16ClN3O3/c1-18(2)6-13(24)15-14(7-18)26-16(22)11(8-21)19(15)10-4-3-9(20)5-12(10)23-17(19)25/h3-5H,6-7,22H2,1-2H3,(H,23,25). The maximum absolute atomic E-state index is 13.2. The fraction of sp³-hybridized carbons (Fsp3) is 0.316. The number of fused-ring (bicyclic) bond motifs is 3. The average molecular weight is 370 g/mol. The molecule has 3 N–H and O–H groups in total. The van der Waals surface area contributed by atoms with Crippen molar-refractivity contribution in [3.8, 4) is 6.07 Å². The van der Waals surface area contributed by atoms with Crippen molar-refractivity contribution in [2.45, 2.75) is 32.1 Å². The van der Waals surface area contributed by atoms with Gasteiger partial charge in [-0.05, 0) is 17.5 Å². The predicted molar refractivity (Wildman–Crippen MR) is 94.7 cm³/mol. The van der Waals surface area contributed by atoms with Crippen molar-refractivity contribution in [2.24, 2.45) is 11.1 Å². The van der Waals surface area contributed by atoms with Gasteiger partial charge in [-0.2, -0.15) is 5.26 Å². The minimum atomic E-state index is -1.58. The molecule has 1 amide bonds. The fourth-order valence-corrected chi connectivity index (χ4v) is 4.36. The first-order valence-electron chi connectivity index (χ1n) is 8.17. The maximum atomic E-state index is 13.2. The Hall–Kier alpha value is -2.78. The largest absolute Gasteiger partial charge is 0.444 e. The first kappa shape index (κ1) is 16.7. The molecule has 0 bridgehead atoms. The van der Waals surface area contributed by atoms with Crippen LogP contribution in [-0.2, 0) is 19.7 Å². The molecule has 3 aliphatic rings. The highest BCUT2D eigenvalue weighted by Crippen LogP contribution is 2.55. The lowest BCUT2D eigenvalue weighted by Gasteiger charge is -2.41. The highest BCUT2D eigenvalue weighted by atomic mass is 35.5. The van der Waals surface area contributed by atoms with Gasteiger partial charge in [-0.3, -0.25) is 9.59 Å². The number of nitrogens with two attached hydrogens (primary N) is 1. The number of nitrogens with one attached hydrogen (secondary N) is 1. The third-order valence-electron chi connectivity index (χ3n) is 5.15. The SMILES string of the molecule is CC1(C)CC(=O)C2=C(C1)OC(N)=C(C#N)C21C(=O)Nc2cc(Cl)ccc21. The Morgan fingerprint density at radius 3 is 2.73 bits per heavy atom. The molecular formula is C19H16ClN3O3. The second-order valence-corrected chi connectivity index (χ2v) is 8.02. The van der Waals surface area contributed by atoms with Crippen LogP contribution in [0, 0.1) is 16.7 Å². The van der Waals surface area contributed by atoms with E-state index in [1.807, 2.05) is 19.9 Å². The maximum Gasteiger partial charge on any atom is 0.245 e. The third-order valence-corrected chi connectivity index (χ3v) is 5.39. The van der Waals surface area contributed by atoms with E-state index in [0.29, 0.717) is 28.5 Å². The summed E-state index contributed by atoms with van der Waals surface area (Å²) in [6.45, 7) is 3.90. The first-order chi connectivity index (χ1) is 12.2. The van der Waals surface area contributed by atoms with Crippen LogP contribution in [0.4, 0.5) is 5.69 Å². The van der Waals surface area contributed by atoms with Crippen LogP contribution < -0.4 is 11.1 Å². The number of nitrogens with zero attached hydrogens (tertiary/aromatic N) is 1. The number of amides is 1. The van der Waals surface area contributed by atoms with E-state index in [4.69, 9.17) is 22.1 Å². The van der Waals surface area contributed by atoms with E-state index in [9.17, 15) is 14.9 Å². The summed E-state index contributed by atoms with van der Waals surface area (Å²) in [6.07, 6.45) is 0.706. The van der Waals surface area contributed by atoms with E-state index < -0.39 is 11.3 Å². The number of Topliss-reactive ketones (excluding diaryl/α,β-unsaturated/α-hetero) is 1. The molecule has 0 fully saturated rings. The lowest BCUT2D eigenvalue weighted by Crippen LogP contribution is -2.48. The van der Waals surface area contributed by atoms with Crippen molar-refractivity contribution >= 4 is 29.0 Å². The second-order valence-electron chi connectivity index (χ2n) is 7.59. The highest BCUT2D eigenvalue weighted by molar-refractivity contribution is 6.31. The van der Waals surface area contributed by atoms with E-state index in [2.05, 4.69) is 5.32 Å². The summed E-state index contributed by atoms with van der Waals surface area (Å²) in [5.41, 5.74) is 5.22. The van der Waals surface area contributed by atoms with Gasteiger partial charge in [0.25, 0.3) is 0 Å². The molecule has 1 atom stereocenters. The second kappa shape index (κ2) is 5.12. The average Bonchev–Trinajstić information content (AvgIpc) is 2.78. The number of halogens is 1. The molecule has 1 spiro atoms. The number of rotatable bonds is 0. The van der Waals surface area contributed by atoms with Gasteiger partial charge in [0.1, 0.15) is 22.8 Å². The zero-order chi connectivity index (χ0) is 18.9. The normalized spacial score (nSPS) is 26.2. The van der Waals surface area contributed by atoms with Gasteiger partial charge in [-0.1, -0.05) is 31.5 Å². The molecule has 26 heavy (non-hydrogen) atoms. The van der Waals surface area contributed by atoms with Crippen molar-refractivity contribution in [3.05, 3.63) is 51.6 Å². The van der Waals surface area contributed by atoms with Crippen molar-refractivity contribution in [1.82, 2.24) is 0 Å². The summed E-state index contributed by atoms with van der Waals surface area (Å²) in [5, 5.41) is 12.9. The molecular weight excluding hydrogens is 354 g/mol. The number of benzene rings is 1. The van der Waals surface area contributed by atoms with Crippen LogP contribution >= 0.6 is 11.6 Å². The van der Waals surface area contributed by atoms with Crippen LogP contribution in [0.5, 0.6) is 0 Å². The number of allylic oxidation sites excluding steroid dienone is 1. The molecule has 0 aromatic heterocycles. The zero-order valence-electron chi connectivity index (χ0n) is 14.3. The Kier molecular flexibility index (Phi) is 3.28. The number of carbonyl (C=O) groups is 2. The van der Waals surface area contributed by atoms with Gasteiger partial charge in [0, 0.05) is 29.1 Å². The molecule has 6 nitrogen and oxygen atoms in total. The van der Waals surface area contributed by atoms with Gasteiger partial charge in [0.2, 0.25) is 11.8 Å². The van der Waals surface area contributed by atoms with Gasteiger partial charge in [-0.25, -0.2) is 0 Å². The number of ether oxygens (including phenoxy) is 1. The van der Waals surface area contributed by atoms with Gasteiger partial charge < -0.3 is 15.8 Å². The number of nitriles is 1. The zero-order valence-corrected chi connectivity index (χ0v) is 15.0. The summed E-state index contributed by atoms with van der Waals surface area (Å²) < 4.78 is 5.66. The molecule has 1 aliphatic carbocycles. The molecule has 2 aliphatic heterocycles. The van der Waals surface area contributed by atoms with Crippen molar-refractivity contribution < 1.29 is 14.3 Å². The first-order valence-corrected chi connectivity index (χ1v) is 8.55. The number of hydrogen-bond acceptors (Lipinski definition) is 5. The summed E-state index contributed by atoms with van der Waals surface area (Å²) in [4.78, 5) is 26.2. The third kappa shape index (κ3) is 1.98. The van der Waals surface area contributed by atoms with Crippen LogP contribution in [0.25, 0.3) is 0 Å². The molecule has 2 heterocycles. The van der Waals surface area contributed by atoms with Crippen LogP contribution in [-0.4, -0.2) is 11.7 Å². The van der Waals surface area contributed by atoms with Crippen LogP contribution in [0.2, 0.25) is 5.02 Å². The smallest absolute Gasteiger partial charge is 0.245 e. The molecule has 0 radical (unpaired) electrons. The Morgan fingerprint density at radius 1 is 1.31 bits per heavy atom. The topological polar surface area (TPSA) is 105 Å². The minimum absolute atomic E-state index is 0.0668. The molecule has 0 saturated carbocycles. The monoisotopic (exact) mass is 369 g/mol. The lowest BCUT2D eigenvalue weighted by molar-refractivity contribution is -0.124. The van der Waals surface area contributed by atoms with Gasteiger partial charge >= 0.3 is 0 Å². The fourth-order valence-electron chi connectivity index (χ4n) is 4.18. The number of hydrogen-bond donors (Lipinski definition) is 2. The Bertz CT molecular complexity index is 1000. The molecule has 1 aromatic rings. The Labute approximate surface area is 155 Å². The quantitative estimate of drug-likeness (QED) is 0.731. The van der Waals surface area contributed by atoms with E-state index in [1.165, 1.54) is 0 Å². The minimum Gasteiger partial charge on any atom is -0.444 e. The van der Waals surface area contributed by atoms with Crippen LogP contribution in [0.1, 0.15) is 32.3 Å². The number of ketones is 1. The molecule has 1 unspecified atom stereocenters. The van der Waals surface area contributed by atoms with E-state index >= 15 is 0 Å². The summed E-state index contributed by atoms with van der Waals surface area (Å²) in [7, 11) is 0. The van der Waals surface area contributed by atoms with Crippen LogP contribution in [0.3, 0.4) is 0 Å². The summed E-state index contributed by atoms with van der Waals surface area (Å²) >= 11 is 6.04. The molecule has 0 saturated heterocycles. The molecule has 1 aromatic carbocycles. The predicted octanol–water partition coefficient (Wildman–Crippen LogP) is 2.90. The van der Waals surface area contributed by atoms with Crippen molar-refractivity contribution in [2.75, 3.05) is 5.32 Å². The van der Waals surface area contributed by atoms with Gasteiger partial charge in [0.05, 0.1) is 5.57 Å². The molecule has 4 rings (SSSR count). The van der Waals surface area contributed by atoms with Crippen molar-refractivity contribution in [3.63, 3.8) is 0 Å².